The van der Waals surface area contributed by atoms with E-state index in [-0.39, 0.29) is 17.7 Å². The second-order valence-corrected chi connectivity index (χ2v) is 10.6. The molecule has 2 aromatic heterocycles. The van der Waals surface area contributed by atoms with Crippen LogP contribution in [-0.2, 0) is 21.1 Å². The van der Waals surface area contributed by atoms with Crippen LogP contribution in [0.2, 0.25) is 0 Å². The molecule has 0 bridgehead atoms. The highest BCUT2D eigenvalue weighted by Gasteiger charge is 2.17. The molecule has 0 aliphatic heterocycles. The first kappa shape index (κ1) is 22.9. The maximum absolute atomic E-state index is 12.6. The Kier molecular flexibility index (Phi) is 6.21. The van der Waals surface area contributed by atoms with E-state index in [2.05, 4.69) is 10.4 Å². The molecule has 7 nitrogen and oxygen atoms in total. The molecule has 0 saturated heterocycles. The number of hydrogen-bond donors (Lipinski definition) is 1. The van der Waals surface area contributed by atoms with Gasteiger partial charge in [0.25, 0.3) is 0 Å². The van der Waals surface area contributed by atoms with E-state index in [1.165, 1.54) is 0 Å². The van der Waals surface area contributed by atoms with E-state index in [9.17, 15) is 13.2 Å². The van der Waals surface area contributed by atoms with Gasteiger partial charge in [-0.25, -0.2) is 17.9 Å². The zero-order valence-electron chi connectivity index (χ0n) is 19.3. The van der Waals surface area contributed by atoms with Gasteiger partial charge >= 0.3 is 0 Å². The van der Waals surface area contributed by atoms with Gasteiger partial charge in [0.05, 0.1) is 22.2 Å². The largest absolute Gasteiger partial charge is 0.350 e. The van der Waals surface area contributed by atoms with Gasteiger partial charge in [0.15, 0.2) is 15.5 Å². The Morgan fingerprint density at radius 1 is 1.09 bits per heavy atom. The maximum atomic E-state index is 12.6. The van der Waals surface area contributed by atoms with Gasteiger partial charge in [-0.3, -0.25) is 4.79 Å². The van der Waals surface area contributed by atoms with Crippen LogP contribution < -0.4 is 5.32 Å². The van der Waals surface area contributed by atoms with Crippen molar-refractivity contribution in [2.45, 2.75) is 51.5 Å². The maximum Gasteiger partial charge on any atom is 0.220 e. The van der Waals surface area contributed by atoms with Gasteiger partial charge in [0.2, 0.25) is 5.91 Å². The summed E-state index contributed by atoms with van der Waals surface area (Å²) in [6, 6.07) is 14.4. The summed E-state index contributed by atoms with van der Waals surface area (Å²) in [5, 5.41) is 8.69. The third-order valence-corrected chi connectivity index (χ3v) is 7.87. The van der Waals surface area contributed by atoms with E-state index in [0.29, 0.717) is 17.7 Å². The third kappa shape index (κ3) is 4.48. The van der Waals surface area contributed by atoms with Crippen LogP contribution in [-0.4, -0.2) is 34.7 Å². The first-order valence-electron chi connectivity index (χ1n) is 11.1. The molecule has 1 unspecified atom stereocenters. The average Bonchev–Trinajstić information content (AvgIpc) is 3.17. The summed E-state index contributed by atoms with van der Waals surface area (Å²) in [5.74, 6) is -0.00979. The molecule has 0 spiro atoms. The number of hydrogen-bond acceptors (Lipinski definition) is 5. The Labute approximate surface area is 193 Å². The van der Waals surface area contributed by atoms with Gasteiger partial charge in [-0.15, -0.1) is 0 Å². The highest BCUT2D eigenvalue weighted by atomic mass is 32.2. The number of aromatic nitrogens is 3. The number of benzene rings is 2. The van der Waals surface area contributed by atoms with Gasteiger partial charge in [-0.2, -0.15) is 5.10 Å². The Balaban J connectivity index is 1.46. The van der Waals surface area contributed by atoms with Gasteiger partial charge < -0.3 is 5.32 Å². The second kappa shape index (κ2) is 8.94. The number of amides is 1. The molecule has 172 valence electrons. The quantitative estimate of drug-likeness (QED) is 0.444. The van der Waals surface area contributed by atoms with E-state index in [0.717, 1.165) is 39.1 Å². The Hall–Kier alpha value is -3.26. The van der Waals surface area contributed by atoms with Crippen molar-refractivity contribution in [3.8, 4) is 0 Å². The molecule has 2 aromatic carbocycles. The van der Waals surface area contributed by atoms with Gasteiger partial charge in [0.1, 0.15) is 0 Å². The fourth-order valence-corrected chi connectivity index (χ4v) is 4.99. The molecule has 0 radical (unpaired) electrons. The lowest BCUT2D eigenvalue weighted by atomic mass is 10.0. The SMILES string of the molecule is CCS(=O)(=O)c1ccc(C(C)NC(=O)CCc2c(C)nc3c4ccccc4nn3c2C)cc1. The predicted molar refractivity (Wildman–Crippen MR) is 129 cm³/mol. The number of nitrogens with zero attached hydrogens (tertiary/aromatic N) is 3. The fourth-order valence-electron chi connectivity index (χ4n) is 4.10. The van der Waals surface area contributed by atoms with Crippen LogP contribution in [0, 0.1) is 13.8 Å². The molecule has 4 aromatic rings. The number of rotatable bonds is 7. The number of fused-ring (bicyclic) bond motifs is 3. The summed E-state index contributed by atoms with van der Waals surface area (Å²) >= 11 is 0. The number of carbonyl (C=O) groups excluding carboxylic acids is 1. The van der Waals surface area contributed by atoms with Crippen molar-refractivity contribution in [1.29, 1.82) is 0 Å². The van der Waals surface area contributed by atoms with Crippen LogP contribution in [0.25, 0.3) is 16.6 Å². The number of carbonyl (C=O) groups is 1. The number of aryl methyl sites for hydroxylation is 2. The fraction of sp³-hybridized carbons (Fsp3) is 0.320. The van der Waals surface area contributed by atoms with Crippen LogP contribution in [0.3, 0.4) is 0 Å². The molecule has 1 atom stereocenters. The minimum absolute atomic E-state index is 0.0622. The van der Waals surface area contributed by atoms with Crippen molar-refractivity contribution >= 4 is 32.3 Å². The molecule has 1 N–H and O–H groups in total. The predicted octanol–water partition coefficient (Wildman–Crippen LogP) is 4.10. The minimum atomic E-state index is -3.24. The molecule has 0 fully saturated rings. The summed E-state index contributed by atoms with van der Waals surface area (Å²) in [7, 11) is -3.24. The molecule has 0 aliphatic carbocycles. The van der Waals surface area contributed by atoms with Gasteiger partial charge in [-0.1, -0.05) is 31.2 Å². The van der Waals surface area contributed by atoms with Crippen molar-refractivity contribution in [1.82, 2.24) is 19.9 Å². The van der Waals surface area contributed by atoms with Gasteiger partial charge in [-0.05, 0) is 62.6 Å². The van der Waals surface area contributed by atoms with Crippen molar-refractivity contribution in [3.05, 3.63) is 71.0 Å². The Bertz CT molecular complexity index is 1440. The van der Waals surface area contributed by atoms with E-state index in [1.807, 2.05) is 49.6 Å². The summed E-state index contributed by atoms with van der Waals surface area (Å²) in [6.45, 7) is 7.49. The average molecular weight is 465 g/mol. The van der Waals surface area contributed by atoms with E-state index >= 15 is 0 Å². The zero-order chi connectivity index (χ0) is 23.8. The summed E-state index contributed by atoms with van der Waals surface area (Å²) in [6.07, 6.45) is 0.880. The van der Waals surface area contributed by atoms with Crippen LogP contribution in [0.4, 0.5) is 0 Å². The number of sulfone groups is 1. The lowest BCUT2D eigenvalue weighted by molar-refractivity contribution is -0.121. The van der Waals surface area contributed by atoms with Crippen LogP contribution in [0.1, 0.15) is 48.8 Å². The molecule has 0 aliphatic rings. The summed E-state index contributed by atoms with van der Waals surface area (Å²) in [4.78, 5) is 17.7. The smallest absolute Gasteiger partial charge is 0.220 e. The van der Waals surface area contributed by atoms with Crippen molar-refractivity contribution in [2.24, 2.45) is 0 Å². The topological polar surface area (TPSA) is 93.4 Å². The molecular weight excluding hydrogens is 436 g/mol. The monoisotopic (exact) mass is 464 g/mol. The van der Waals surface area contributed by atoms with E-state index in [4.69, 9.17) is 4.98 Å². The molecular formula is C25H28N4O3S. The normalized spacial score (nSPS) is 12.8. The van der Waals surface area contributed by atoms with Gasteiger partial charge in [0, 0.05) is 23.2 Å². The zero-order valence-corrected chi connectivity index (χ0v) is 20.1. The first-order chi connectivity index (χ1) is 15.7. The van der Waals surface area contributed by atoms with Crippen molar-refractivity contribution < 1.29 is 13.2 Å². The second-order valence-electron chi connectivity index (χ2n) is 8.28. The molecule has 1 amide bonds. The Morgan fingerprint density at radius 2 is 1.79 bits per heavy atom. The van der Waals surface area contributed by atoms with Crippen LogP contribution >= 0.6 is 0 Å². The van der Waals surface area contributed by atoms with Crippen LogP contribution in [0.15, 0.2) is 53.4 Å². The van der Waals surface area contributed by atoms with E-state index < -0.39 is 9.84 Å². The van der Waals surface area contributed by atoms with Crippen molar-refractivity contribution in [2.75, 3.05) is 5.75 Å². The number of nitrogens with one attached hydrogen (secondary N) is 1. The summed E-state index contributed by atoms with van der Waals surface area (Å²) in [5.41, 5.74) is 5.50. The van der Waals surface area contributed by atoms with E-state index in [1.54, 1.807) is 31.2 Å². The lowest BCUT2D eigenvalue weighted by Crippen LogP contribution is -2.27. The van der Waals surface area contributed by atoms with Crippen molar-refractivity contribution in [3.63, 3.8) is 0 Å². The highest BCUT2D eigenvalue weighted by molar-refractivity contribution is 7.91. The lowest BCUT2D eigenvalue weighted by Gasteiger charge is -2.16. The van der Waals surface area contributed by atoms with Crippen LogP contribution in [0.5, 0.6) is 0 Å². The molecule has 0 saturated carbocycles. The first-order valence-corrected chi connectivity index (χ1v) is 12.7. The highest BCUT2D eigenvalue weighted by Crippen LogP contribution is 2.23. The summed E-state index contributed by atoms with van der Waals surface area (Å²) < 4.78 is 25.8. The Morgan fingerprint density at radius 3 is 2.48 bits per heavy atom. The molecule has 8 heteroatoms. The standard InChI is InChI=1S/C25H28N4O3S/c1-5-33(31,32)20-12-10-19(11-13-20)16(2)26-24(30)15-14-21-17(3)27-25-22-8-6-7-9-23(22)28-29(25)18(21)4/h6-13,16H,5,14-15H2,1-4H3,(H,26,30). The minimum Gasteiger partial charge on any atom is -0.350 e. The molecule has 2 heterocycles. The molecule has 4 rings (SSSR count). The third-order valence-electron chi connectivity index (χ3n) is 6.12. The molecule has 33 heavy (non-hydrogen) atoms.